The lowest BCUT2D eigenvalue weighted by Gasteiger charge is -2.08. The summed E-state index contributed by atoms with van der Waals surface area (Å²) in [5.74, 6) is -0.181. The molecule has 1 amide bonds. The maximum Gasteiger partial charge on any atom is 0.271 e. The van der Waals surface area contributed by atoms with E-state index in [1.165, 1.54) is 0 Å². The fourth-order valence-corrected chi connectivity index (χ4v) is 4.51. The molecule has 0 radical (unpaired) electrons. The highest BCUT2D eigenvalue weighted by atomic mass is 35.5. The van der Waals surface area contributed by atoms with Gasteiger partial charge in [-0.25, -0.2) is 8.42 Å². The number of hydrogen-bond donors (Lipinski definition) is 2. The zero-order chi connectivity index (χ0) is 18.6. The predicted molar refractivity (Wildman–Crippen MR) is 105 cm³/mol. The first-order chi connectivity index (χ1) is 12.4. The molecule has 0 spiro atoms. The molecule has 2 aromatic carbocycles. The minimum atomic E-state index is -3.57. The Morgan fingerprint density at radius 1 is 1.00 bits per heavy atom. The van der Waals surface area contributed by atoms with Crippen molar-refractivity contribution in [3.63, 3.8) is 0 Å². The van der Waals surface area contributed by atoms with E-state index >= 15 is 0 Å². The third kappa shape index (κ3) is 4.85. The Hall–Kier alpha value is -2.35. The van der Waals surface area contributed by atoms with Gasteiger partial charge >= 0.3 is 0 Å². The Kier molecular flexibility index (Phi) is 5.61. The number of sulfonamides is 1. The average molecular weight is 407 g/mol. The zero-order valence-electron chi connectivity index (χ0n) is 13.5. The molecule has 0 fully saturated rings. The van der Waals surface area contributed by atoms with E-state index in [4.69, 9.17) is 11.6 Å². The van der Waals surface area contributed by atoms with Crippen LogP contribution in [0.2, 0.25) is 5.02 Å². The summed E-state index contributed by atoms with van der Waals surface area (Å²) >= 11 is 7.04. The van der Waals surface area contributed by atoms with E-state index in [1.54, 1.807) is 66.0 Å². The number of hydrogen-bond acceptors (Lipinski definition) is 4. The average Bonchev–Trinajstić information content (AvgIpc) is 3.12. The van der Waals surface area contributed by atoms with Gasteiger partial charge < -0.3 is 5.32 Å². The second-order valence-electron chi connectivity index (χ2n) is 5.47. The van der Waals surface area contributed by atoms with Gasteiger partial charge in [0, 0.05) is 16.4 Å². The van der Waals surface area contributed by atoms with Crippen LogP contribution in [-0.2, 0) is 21.2 Å². The summed E-state index contributed by atoms with van der Waals surface area (Å²) < 4.78 is 27.1. The molecule has 0 saturated heterocycles. The highest BCUT2D eigenvalue weighted by Crippen LogP contribution is 2.21. The first-order valence-corrected chi connectivity index (χ1v) is 10.4. The summed E-state index contributed by atoms with van der Waals surface area (Å²) in [5, 5.41) is 5.02. The molecular formula is C18H15ClN2O3S2. The lowest BCUT2D eigenvalue weighted by atomic mass is 10.1. The van der Waals surface area contributed by atoms with Crippen molar-refractivity contribution in [2.45, 2.75) is 10.6 Å². The van der Waals surface area contributed by atoms with Crippen LogP contribution in [0.1, 0.15) is 5.56 Å². The van der Waals surface area contributed by atoms with Gasteiger partial charge in [-0.05, 0) is 47.3 Å². The Balaban J connectivity index is 1.62. The molecule has 1 heterocycles. The van der Waals surface area contributed by atoms with Crippen molar-refractivity contribution in [2.24, 2.45) is 0 Å². The molecule has 134 valence electrons. The highest BCUT2D eigenvalue weighted by molar-refractivity contribution is 7.94. The van der Waals surface area contributed by atoms with E-state index in [1.807, 2.05) is 0 Å². The summed E-state index contributed by atoms with van der Waals surface area (Å²) in [4.78, 5) is 12.1. The Morgan fingerprint density at radius 3 is 2.42 bits per heavy atom. The maximum absolute atomic E-state index is 12.2. The molecule has 0 bridgehead atoms. The van der Waals surface area contributed by atoms with Crippen LogP contribution in [0.25, 0.3) is 0 Å². The summed E-state index contributed by atoms with van der Waals surface area (Å²) in [6.45, 7) is 0. The number of rotatable bonds is 6. The molecule has 1 aromatic heterocycles. The smallest absolute Gasteiger partial charge is 0.271 e. The second-order valence-corrected chi connectivity index (χ2v) is 8.76. The maximum atomic E-state index is 12.2. The van der Waals surface area contributed by atoms with Crippen molar-refractivity contribution in [3.05, 3.63) is 76.6 Å². The number of anilines is 2. The van der Waals surface area contributed by atoms with Gasteiger partial charge in [0.15, 0.2) is 0 Å². The molecule has 8 heteroatoms. The first kappa shape index (κ1) is 18.4. The van der Waals surface area contributed by atoms with E-state index in [0.29, 0.717) is 16.4 Å². The summed E-state index contributed by atoms with van der Waals surface area (Å²) in [6, 6.07) is 16.8. The van der Waals surface area contributed by atoms with Crippen molar-refractivity contribution in [2.75, 3.05) is 10.0 Å². The third-order valence-corrected chi connectivity index (χ3v) is 6.45. The molecule has 3 rings (SSSR count). The van der Waals surface area contributed by atoms with Crippen LogP contribution >= 0.6 is 22.9 Å². The highest BCUT2D eigenvalue weighted by Gasteiger charge is 2.15. The van der Waals surface area contributed by atoms with Gasteiger partial charge in [0.25, 0.3) is 10.0 Å². The van der Waals surface area contributed by atoms with Crippen molar-refractivity contribution in [3.8, 4) is 0 Å². The minimum absolute atomic E-state index is 0.171. The Morgan fingerprint density at radius 2 is 1.77 bits per heavy atom. The van der Waals surface area contributed by atoms with Crippen LogP contribution < -0.4 is 10.0 Å². The predicted octanol–water partition coefficient (Wildman–Crippen LogP) is 4.38. The summed E-state index contributed by atoms with van der Waals surface area (Å²) in [6.07, 6.45) is 0.171. The molecule has 0 unspecified atom stereocenters. The normalized spacial score (nSPS) is 11.1. The molecule has 3 aromatic rings. The van der Waals surface area contributed by atoms with Gasteiger partial charge in [0.2, 0.25) is 5.91 Å². The fourth-order valence-electron chi connectivity index (χ4n) is 2.27. The SMILES string of the molecule is O=C(Cc1ccc(NS(=O)(=O)c2cccs2)cc1)Nc1cccc(Cl)c1. The van der Waals surface area contributed by atoms with Gasteiger partial charge in [-0.3, -0.25) is 9.52 Å². The van der Waals surface area contributed by atoms with Gasteiger partial charge in [-0.1, -0.05) is 35.9 Å². The number of amides is 1. The number of thiophene rings is 1. The Bertz CT molecular complexity index is 1000. The number of carbonyl (C=O) groups is 1. The molecule has 2 N–H and O–H groups in total. The third-order valence-electron chi connectivity index (χ3n) is 3.44. The summed E-state index contributed by atoms with van der Waals surface area (Å²) in [5.41, 5.74) is 1.84. The van der Waals surface area contributed by atoms with Crippen LogP contribution in [0, 0.1) is 0 Å². The van der Waals surface area contributed by atoms with E-state index < -0.39 is 10.0 Å². The monoisotopic (exact) mass is 406 g/mol. The summed E-state index contributed by atoms with van der Waals surface area (Å²) in [7, 11) is -3.57. The molecular weight excluding hydrogens is 392 g/mol. The molecule has 0 aliphatic heterocycles. The van der Waals surface area contributed by atoms with E-state index in [0.717, 1.165) is 16.9 Å². The molecule has 0 aliphatic rings. The molecule has 26 heavy (non-hydrogen) atoms. The van der Waals surface area contributed by atoms with Gasteiger partial charge in [0.05, 0.1) is 6.42 Å². The van der Waals surface area contributed by atoms with Crippen molar-refractivity contribution in [1.82, 2.24) is 0 Å². The van der Waals surface area contributed by atoms with E-state index in [9.17, 15) is 13.2 Å². The lowest BCUT2D eigenvalue weighted by Crippen LogP contribution is -2.14. The Labute approximate surface area is 160 Å². The fraction of sp³-hybridized carbons (Fsp3) is 0.0556. The van der Waals surface area contributed by atoms with Crippen molar-refractivity contribution in [1.29, 1.82) is 0 Å². The topological polar surface area (TPSA) is 75.3 Å². The number of nitrogens with one attached hydrogen (secondary N) is 2. The molecule has 0 atom stereocenters. The van der Waals surface area contributed by atoms with Crippen LogP contribution in [0.3, 0.4) is 0 Å². The molecule has 5 nitrogen and oxygen atoms in total. The van der Waals surface area contributed by atoms with Crippen molar-refractivity contribution < 1.29 is 13.2 Å². The van der Waals surface area contributed by atoms with Gasteiger partial charge in [0.1, 0.15) is 4.21 Å². The van der Waals surface area contributed by atoms with Crippen LogP contribution in [0.15, 0.2) is 70.3 Å². The number of benzene rings is 2. The van der Waals surface area contributed by atoms with E-state index in [-0.39, 0.29) is 16.5 Å². The quantitative estimate of drug-likeness (QED) is 0.637. The van der Waals surface area contributed by atoms with Crippen LogP contribution in [-0.4, -0.2) is 14.3 Å². The molecule has 0 aliphatic carbocycles. The second kappa shape index (κ2) is 7.90. The largest absolute Gasteiger partial charge is 0.326 e. The number of halogens is 1. The standard InChI is InChI=1S/C18H15ClN2O3S2/c19-14-3-1-4-16(12-14)20-17(22)11-13-6-8-15(9-7-13)21-26(23,24)18-5-2-10-25-18/h1-10,12,21H,11H2,(H,20,22). The number of carbonyl (C=O) groups excluding carboxylic acids is 1. The van der Waals surface area contributed by atoms with Gasteiger partial charge in [-0.2, -0.15) is 0 Å². The minimum Gasteiger partial charge on any atom is -0.326 e. The zero-order valence-corrected chi connectivity index (χ0v) is 15.9. The molecule has 0 saturated carbocycles. The van der Waals surface area contributed by atoms with Crippen LogP contribution in [0.4, 0.5) is 11.4 Å². The van der Waals surface area contributed by atoms with Crippen LogP contribution in [0.5, 0.6) is 0 Å². The van der Waals surface area contributed by atoms with E-state index in [2.05, 4.69) is 10.0 Å². The first-order valence-electron chi connectivity index (χ1n) is 7.63. The van der Waals surface area contributed by atoms with Crippen molar-refractivity contribution >= 4 is 50.2 Å². The lowest BCUT2D eigenvalue weighted by molar-refractivity contribution is -0.115. The van der Waals surface area contributed by atoms with Gasteiger partial charge in [-0.15, -0.1) is 11.3 Å².